The Morgan fingerprint density at radius 1 is 1.53 bits per heavy atom. The van der Waals surface area contributed by atoms with Gasteiger partial charge in [0, 0.05) is 6.92 Å². The zero-order valence-electron chi connectivity index (χ0n) is 9.57. The van der Waals surface area contributed by atoms with Crippen molar-refractivity contribution in [2.75, 3.05) is 19.1 Å². The monoisotopic (exact) mass is 253 g/mol. The van der Waals surface area contributed by atoms with Crippen molar-refractivity contribution in [2.24, 2.45) is 0 Å². The number of hydrogen-bond donors (Lipinski definition) is 2. The molecule has 15 heavy (non-hydrogen) atoms. The van der Waals surface area contributed by atoms with Gasteiger partial charge in [0.2, 0.25) is 5.91 Å². The van der Waals surface area contributed by atoms with E-state index in [0.717, 1.165) is 5.75 Å². The lowest BCUT2D eigenvalue weighted by molar-refractivity contribution is -0.144. The zero-order valence-corrected chi connectivity index (χ0v) is 12.4. The number of nitrogens with one attached hydrogen (secondary N) is 1. The third-order valence-electron chi connectivity index (χ3n) is 1.47. The summed E-state index contributed by atoms with van der Waals surface area (Å²) in [5.74, 6) is 0.223. The van der Waals surface area contributed by atoms with Crippen molar-refractivity contribution in [1.29, 1.82) is 0 Å². The summed E-state index contributed by atoms with van der Waals surface area (Å²) in [4.78, 5) is 29.0. The normalized spacial score (nSPS) is 10.9. The summed E-state index contributed by atoms with van der Waals surface area (Å²) in [7, 11) is 1.62. The Kier molecular flexibility index (Phi) is 13.0. The number of amides is 1. The van der Waals surface area contributed by atoms with Crippen LogP contribution in [0.3, 0.4) is 0 Å². The van der Waals surface area contributed by atoms with Crippen LogP contribution in [0.15, 0.2) is 0 Å². The molecule has 2 N–H and O–H groups in total. The van der Waals surface area contributed by atoms with Crippen LogP contribution in [0.25, 0.3) is 0 Å². The average Bonchev–Trinajstić information content (AvgIpc) is 2.25. The van der Waals surface area contributed by atoms with Gasteiger partial charge in [-0.15, -0.1) is 0 Å². The van der Waals surface area contributed by atoms with Gasteiger partial charge in [0.05, 0.1) is 7.11 Å². The molecule has 0 fully saturated rings. The highest BCUT2D eigenvalue weighted by molar-refractivity contribution is 7.98. The molecule has 0 heterocycles. The molecule has 5 nitrogen and oxygen atoms in total. The highest BCUT2D eigenvalue weighted by Gasteiger charge is 2.18. The fraction of sp³-hybridized carbons (Fsp3) is 0.750. The number of esters is 1. The molecule has 90 valence electrons. The molecule has 0 aromatic carbocycles. The van der Waals surface area contributed by atoms with Gasteiger partial charge in [-0.25, -0.2) is 4.79 Å². The number of carbonyl (C=O) groups excluding carboxylic acids is 2. The molecule has 0 radical (unpaired) electrons. The molecule has 0 bridgehead atoms. The lowest BCUT2D eigenvalue weighted by Gasteiger charge is -2.14. The van der Waals surface area contributed by atoms with E-state index in [1.165, 1.54) is 14.0 Å². The molecule has 0 aliphatic heterocycles. The predicted molar refractivity (Wildman–Crippen MR) is 64.8 cm³/mol. The minimum absolute atomic E-state index is 0.212. The Labute approximate surface area is 97.5 Å². The van der Waals surface area contributed by atoms with Crippen molar-refractivity contribution in [3.63, 3.8) is 0 Å². The van der Waals surface area contributed by atoms with Crippen molar-refractivity contribution < 1.29 is 19.1 Å². The highest BCUT2D eigenvalue weighted by atomic mass is 32.2. The van der Waals surface area contributed by atoms with E-state index in [9.17, 15) is 9.59 Å². The minimum atomic E-state index is -0.505. The fourth-order valence-corrected chi connectivity index (χ4v) is 1.34. The van der Waals surface area contributed by atoms with Gasteiger partial charge in [-0.3, -0.25) is 4.79 Å². The first-order valence-corrected chi connectivity index (χ1v) is 6.69. The lowest BCUT2D eigenvalue weighted by atomic mass is 10.2. The average molecular weight is 253 g/mol. The molecule has 0 saturated heterocycles. The summed E-state index contributed by atoms with van der Waals surface area (Å²) in [5.41, 5.74) is 0. The van der Waals surface area contributed by atoms with Gasteiger partial charge in [-0.2, -0.15) is 11.8 Å². The fourth-order valence-electron chi connectivity index (χ4n) is 0.872. The van der Waals surface area contributed by atoms with Crippen LogP contribution in [0.2, 0.25) is 0 Å². The topological polar surface area (TPSA) is 75.6 Å². The lowest BCUT2D eigenvalue weighted by Crippen LogP contribution is -2.40. The maximum absolute atomic E-state index is 11.1. The molecule has 7 heteroatoms. The van der Waals surface area contributed by atoms with E-state index in [-0.39, 0.29) is 11.9 Å². The van der Waals surface area contributed by atoms with Crippen LogP contribution in [0, 0.1) is 0 Å². The molecular formula is C8H19NO4SSi. The Morgan fingerprint density at radius 3 is 2.40 bits per heavy atom. The second-order valence-corrected chi connectivity index (χ2v) is 3.54. The van der Waals surface area contributed by atoms with Crippen LogP contribution in [0.4, 0.5) is 0 Å². The maximum Gasteiger partial charge on any atom is 0.328 e. The minimum Gasteiger partial charge on any atom is -0.467 e. The largest absolute Gasteiger partial charge is 0.467 e. The molecule has 0 spiro atoms. The summed E-state index contributed by atoms with van der Waals surface area (Å²) in [6.07, 6.45) is 2.55. The Morgan fingerprint density at radius 2 is 2.07 bits per heavy atom. The molecule has 0 aromatic heterocycles. The smallest absolute Gasteiger partial charge is 0.328 e. The van der Waals surface area contributed by atoms with Crippen molar-refractivity contribution in [3.8, 4) is 0 Å². The third kappa shape index (κ3) is 9.76. The Bertz CT molecular complexity index is 191. The van der Waals surface area contributed by atoms with Crippen molar-refractivity contribution in [3.05, 3.63) is 0 Å². The van der Waals surface area contributed by atoms with E-state index in [1.807, 2.05) is 6.26 Å². The zero-order chi connectivity index (χ0) is 12.3. The molecule has 0 saturated carbocycles. The van der Waals surface area contributed by atoms with Crippen LogP contribution in [0.1, 0.15) is 13.3 Å². The quantitative estimate of drug-likeness (QED) is 0.469. The highest BCUT2D eigenvalue weighted by Crippen LogP contribution is 2.02. The van der Waals surface area contributed by atoms with Gasteiger partial charge in [-0.1, -0.05) is 0 Å². The van der Waals surface area contributed by atoms with E-state index >= 15 is 0 Å². The van der Waals surface area contributed by atoms with E-state index in [4.69, 9.17) is 4.80 Å². The predicted octanol–water partition coefficient (Wildman–Crippen LogP) is -1.32. The molecule has 1 atom stereocenters. The molecule has 0 aromatic rings. The number of rotatable bonds is 5. The maximum atomic E-state index is 11.1. The van der Waals surface area contributed by atoms with Crippen molar-refractivity contribution in [1.82, 2.24) is 5.32 Å². The van der Waals surface area contributed by atoms with Gasteiger partial charge in [0.1, 0.15) is 16.5 Å². The molecule has 1 amide bonds. The van der Waals surface area contributed by atoms with Crippen molar-refractivity contribution in [2.45, 2.75) is 19.4 Å². The van der Waals surface area contributed by atoms with E-state index in [0.29, 0.717) is 16.9 Å². The van der Waals surface area contributed by atoms with Crippen LogP contribution >= 0.6 is 11.8 Å². The molecular weight excluding hydrogens is 234 g/mol. The van der Waals surface area contributed by atoms with Gasteiger partial charge in [-0.05, 0) is 18.4 Å². The Balaban J connectivity index is 0. The number of carbonyl (C=O) groups is 2. The summed E-state index contributed by atoms with van der Waals surface area (Å²) < 4.78 is 4.55. The summed E-state index contributed by atoms with van der Waals surface area (Å²) in [6, 6.07) is -0.505. The summed E-state index contributed by atoms with van der Waals surface area (Å²) in [5, 5.41) is 2.54. The number of methoxy groups -OCH3 is 1. The van der Waals surface area contributed by atoms with E-state index in [1.54, 1.807) is 11.8 Å². The van der Waals surface area contributed by atoms with Crippen LogP contribution < -0.4 is 5.32 Å². The second kappa shape index (κ2) is 11.5. The van der Waals surface area contributed by atoms with E-state index in [2.05, 4.69) is 10.1 Å². The van der Waals surface area contributed by atoms with Crippen LogP contribution in [-0.4, -0.2) is 52.3 Å². The first-order chi connectivity index (χ1) is 7.11. The Hall–Kier alpha value is -0.533. The molecule has 0 aliphatic carbocycles. The van der Waals surface area contributed by atoms with Gasteiger partial charge >= 0.3 is 5.97 Å². The second-order valence-electron chi connectivity index (χ2n) is 2.56. The van der Waals surface area contributed by atoms with Gasteiger partial charge < -0.3 is 14.8 Å². The van der Waals surface area contributed by atoms with Crippen LogP contribution in [0.5, 0.6) is 0 Å². The van der Waals surface area contributed by atoms with Crippen LogP contribution in [-0.2, 0) is 14.3 Å². The van der Waals surface area contributed by atoms with E-state index < -0.39 is 6.04 Å². The number of ether oxygens (including phenoxy) is 1. The molecule has 0 rings (SSSR count). The summed E-state index contributed by atoms with van der Waals surface area (Å²) in [6.45, 7) is 1.38. The summed E-state index contributed by atoms with van der Waals surface area (Å²) >= 11 is 1.63. The molecule has 1 unspecified atom stereocenters. The first-order valence-electron chi connectivity index (χ1n) is 4.40. The number of hydrogen-bond acceptors (Lipinski definition) is 5. The van der Waals surface area contributed by atoms with Gasteiger partial charge in [0.15, 0.2) is 0 Å². The SMILES string of the molecule is COC(=O)C(CCSC)NC(C)=O.O[SiH3]. The third-order valence-corrected chi connectivity index (χ3v) is 2.12. The number of thioether (sulfide) groups is 1. The first kappa shape index (κ1) is 16.9. The molecule has 0 aliphatic rings. The van der Waals surface area contributed by atoms with Gasteiger partial charge in [0.25, 0.3) is 0 Å². The standard InChI is InChI=1S/C8H15NO3S.H4OSi/c1-6(10)9-7(4-5-13-3)8(11)12-2;1-2/h7H,4-5H2,1-3H3,(H,9,10);1H,2H3. The van der Waals surface area contributed by atoms with Crippen molar-refractivity contribution >= 4 is 34.1 Å².